The largest absolute Gasteiger partial charge is 0.481 e. The van der Waals surface area contributed by atoms with Crippen LogP contribution in [0.25, 0.3) is 5.70 Å². The van der Waals surface area contributed by atoms with Gasteiger partial charge in [0.2, 0.25) is 5.76 Å². The average Bonchev–Trinajstić information content (AvgIpc) is 2.60. The van der Waals surface area contributed by atoms with Crippen molar-refractivity contribution >= 4 is 23.5 Å². The summed E-state index contributed by atoms with van der Waals surface area (Å²) in [6, 6.07) is 6.75. The van der Waals surface area contributed by atoms with E-state index in [1.165, 1.54) is 4.90 Å². The average molecular weight is 375 g/mol. The highest BCUT2D eigenvalue weighted by molar-refractivity contribution is 6.15. The first-order valence-corrected chi connectivity index (χ1v) is 8.86. The van der Waals surface area contributed by atoms with Crippen LogP contribution in [0.4, 0.5) is 0 Å². The van der Waals surface area contributed by atoms with Gasteiger partial charge in [0.1, 0.15) is 17.8 Å². The van der Waals surface area contributed by atoms with Gasteiger partial charge in [0.25, 0.3) is 5.91 Å². The van der Waals surface area contributed by atoms with E-state index in [9.17, 15) is 14.4 Å². The Balaban J connectivity index is 2.50. The zero-order valence-electron chi connectivity index (χ0n) is 16.3. The van der Waals surface area contributed by atoms with Crippen LogP contribution in [0, 0.1) is 0 Å². The molecule has 7 heteroatoms. The number of hydrogen-bond acceptors (Lipinski definition) is 6. The first-order valence-electron chi connectivity index (χ1n) is 8.86. The number of carbonyl (C=O) groups is 3. The Morgan fingerprint density at radius 1 is 1.04 bits per heavy atom. The number of hydrogen-bond donors (Lipinski definition) is 0. The molecule has 0 saturated heterocycles. The predicted molar refractivity (Wildman–Crippen MR) is 98.5 cm³/mol. The van der Waals surface area contributed by atoms with Crippen molar-refractivity contribution in [2.24, 2.45) is 0 Å². The second-order valence-electron chi connectivity index (χ2n) is 6.85. The molecule has 0 atom stereocenters. The van der Waals surface area contributed by atoms with Crippen molar-refractivity contribution in [2.45, 2.75) is 40.2 Å². The maximum Gasteiger partial charge on any atom is 0.338 e. The van der Waals surface area contributed by atoms with E-state index < -0.39 is 23.4 Å². The second-order valence-corrected chi connectivity index (χ2v) is 6.85. The third kappa shape index (κ3) is 4.67. The molecule has 1 aromatic carbocycles. The smallest absolute Gasteiger partial charge is 0.338 e. The van der Waals surface area contributed by atoms with Crippen molar-refractivity contribution in [3.63, 3.8) is 0 Å². The Morgan fingerprint density at radius 2 is 1.67 bits per heavy atom. The van der Waals surface area contributed by atoms with Gasteiger partial charge in [-0.1, -0.05) is 18.2 Å². The molecule has 1 heterocycles. The first-order chi connectivity index (χ1) is 12.7. The maximum atomic E-state index is 12.6. The molecule has 0 radical (unpaired) electrons. The standard InChI is InChI=1S/C20H25NO6/c1-6-25-15(22)12-21-16(17(18(21)23)27-20(3,4)5)13-10-8-9-11-14(13)19(24)26-7-2/h8-11H,6-7,12H2,1-5H3. The Labute approximate surface area is 158 Å². The van der Waals surface area contributed by atoms with E-state index in [-0.39, 0.29) is 25.5 Å². The van der Waals surface area contributed by atoms with Crippen LogP contribution in [0.1, 0.15) is 50.5 Å². The van der Waals surface area contributed by atoms with E-state index in [1.54, 1.807) is 38.1 Å². The van der Waals surface area contributed by atoms with Gasteiger partial charge in [-0.25, -0.2) is 4.79 Å². The molecule has 0 saturated carbocycles. The van der Waals surface area contributed by atoms with Gasteiger partial charge < -0.3 is 14.2 Å². The summed E-state index contributed by atoms with van der Waals surface area (Å²) in [7, 11) is 0. The van der Waals surface area contributed by atoms with Crippen molar-refractivity contribution in [2.75, 3.05) is 19.8 Å². The highest BCUT2D eigenvalue weighted by Gasteiger charge is 2.43. The molecule has 1 amide bonds. The number of rotatable bonds is 7. The van der Waals surface area contributed by atoms with E-state index in [0.717, 1.165) is 0 Å². The summed E-state index contributed by atoms with van der Waals surface area (Å²) in [5, 5.41) is 0. The topological polar surface area (TPSA) is 82.1 Å². The summed E-state index contributed by atoms with van der Waals surface area (Å²) >= 11 is 0. The molecule has 27 heavy (non-hydrogen) atoms. The molecule has 0 aromatic heterocycles. The van der Waals surface area contributed by atoms with Crippen LogP contribution in [-0.2, 0) is 23.8 Å². The minimum absolute atomic E-state index is 0.114. The lowest BCUT2D eigenvalue weighted by Crippen LogP contribution is -2.47. The van der Waals surface area contributed by atoms with Crippen LogP contribution in [0.15, 0.2) is 30.0 Å². The number of benzene rings is 1. The van der Waals surface area contributed by atoms with Crippen LogP contribution in [0.2, 0.25) is 0 Å². The second kappa shape index (κ2) is 8.24. The molecule has 146 valence electrons. The summed E-state index contributed by atoms with van der Waals surface area (Å²) < 4.78 is 15.9. The van der Waals surface area contributed by atoms with Gasteiger partial charge in [-0.3, -0.25) is 14.5 Å². The van der Waals surface area contributed by atoms with Crippen LogP contribution in [0.5, 0.6) is 0 Å². The van der Waals surface area contributed by atoms with Gasteiger partial charge in [-0.15, -0.1) is 0 Å². The van der Waals surface area contributed by atoms with Gasteiger partial charge >= 0.3 is 11.9 Å². The summed E-state index contributed by atoms with van der Waals surface area (Å²) in [5.74, 6) is -1.35. The van der Waals surface area contributed by atoms with Crippen LogP contribution in [0.3, 0.4) is 0 Å². The fraction of sp³-hybridized carbons (Fsp3) is 0.450. The molecular weight excluding hydrogens is 350 g/mol. The van der Waals surface area contributed by atoms with Gasteiger partial charge in [-0.05, 0) is 40.7 Å². The number of esters is 2. The van der Waals surface area contributed by atoms with E-state index in [1.807, 2.05) is 20.8 Å². The molecule has 1 aliphatic rings. The molecule has 0 spiro atoms. The molecular formula is C20H25NO6. The normalized spacial score (nSPS) is 14.0. The quantitative estimate of drug-likeness (QED) is 0.682. The van der Waals surface area contributed by atoms with Crippen molar-refractivity contribution in [1.29, 1.82) is 0 Å². The van der Waals surface area contributed by atoms with Crippen LogP contribution >= 0.6 is 0 Å². The molecule has 2 rings (SSSR count). The minimum atomic E-state index is -0.620. The number of amides is 1. The van der Waals surface area contributed by atoms with Gasteiger partial charge in [-0.2, -0.15) is 0 Å². The highest BCUT2D eigenvalue weighted by atomic mass is 16.5. The lowest BCUT2D eigenvalue weighted by atomic mass is 9.97. The molecule has 1 aliphatic heterocycles. The van der Waals surface area contributed by atoms with Crippen molar-refractivity contribution in [3.05, 3.63) is 41.2 Å². The molecule has 0 bridgehead atoms. The van der Waals surface area contributed by atoms with Gasteiger partial charge in [0.05, 0.1) is 18.8 Å². The van der Waals surface area contributed by atoms with Crippen LogP contribution < -0.4 is 0 Å². The summed E-state index contributed by atoms with van der Waals surface area (Å²) in [6.07, 6.45) is 0. The van der Waals surface area contributed by atoms with Crippen molar-refractivity contribution in [3.8, 4) is 0 Å². The SMILES string of the molecule is CCOC(=O)CN1C(=O)C(OC(C)(C)C)=C1c1ccccc1C(=O)OCC. The predicted octanol–water partition coefficient (Wildman–Crippen LogP) is 2.75. The number of carbonyl (C=O) groups excluding carboxylic acids is 3. The molecule has 0 fully saturated rings. The Bertz CT molecular complexity index is 775. The molecule has 7 nitrogen and oxygen atoms in total. The highest BCUT2D eigenvalue weighted by Crippen LogP contribution is 2.38. The number of nitrogens with zero attached hydrogens (tertiary/aromatic N) is 1. The lowest BCUT2D eigenvalue weighted by molar-refractivity contribution is -0.149. The minimum Gasteiger partial charge on any atom is -0.481 e. The Hall–Kier alpha value is -2.83. The van der Waals surface area contributed by atoms with E-state index in [0.29, 0.717) is 16.8 Å². The monoisotopic (exact) mass is 375 g/mol. The molecule has 0 aliphatic carbocycles. The van der Waals surface area contributed by atoms with E-state index in [4.69, 9.17) is 14.2 Å². The fourth-order valence-corrected chi connectivity index (χ4v) is 2.62. The third-order valence-corrected chi connectivity index (χ3v) is 3.60. The molecule has 1 aromatic rings. The van der Waals surface area contributed by atoms with Gasteiger partial charge in [0, 0.05) is 5.56 Å². The first kappa shape index (κ1) is 20.5. The van der Waals surface area contributed by atoms with E-state index >= 15 is 0 Å². The number of ether oxygens (including phenoxy) is 3. The Morgan fingerprint density at radius 3 is 2.26 bits per heavy atom. The van der Waals surface area contributed by atoms with Crippen molar-refractivity contribution < 1.29 is 28.6 Å². The third-order valence-electron chi connectivity index (χ3n) is 3.60. The zero-order valence-corrected chi connectivity index (χ0v) is 16.3. The zero-order chi connectivity index (χ0) is 20.2. The summed E-state index contributed by atoms with van der Waals surface area (Å²) in [5.41, 5.74) is 0.530. The lowest BCUT2D eigenvalue weighted by Gasteiger charge is -2.38. The summed E-state index contributed by atoms with van der Waals surface area (Å²) in [6.45, 7) is 9.04. The van der Waals surface area contributed by atoms with Gasteiger partial charge in [0.15, 0.2) is 0 Å². The molecule has 0 N–H and O–H groups in total. The summed E-state index contributed by atoms with van der Waals surface area (Å²) in [4.78, 5) is 38.1. The molecule has 0 unspecified atom stereocenters. The van der Waals surface area contributed by atoms with Crippen LogP contribution in [-0.4, -0.2) is 48.1 Å². The maximum absolute atomic E-state index is 12.6. The van der Waals surface area contributed by atoms with Crippen molar-refractivity contribution in [1.82, 2.24) is 4.90 Å². The van der Waals surface area contributed by atoms with E-state index in [2.05, 4.69) is 0 Å². The fourth-order valence-electron chi connectivity index (χ4n) is 2.62. The Kier molecular flexibility index (Phi) is 6.25.